The summed E-state index contributed by atoms with van der Waals surface area (Å²) in [5.41, 5.74) is 1.12. The second-order valence-corrected chi connectivity index (χ2v) is 6.31. The lowest BCUT2D eigenvalue weighted by Gasteiger charge is -2.16. The minimum Gasteiger partial charge on any atom is -0.475 e. The summed E-state index contributed by atoms with van der Waals surface area (Å²) >= 11 is 1.37. The highest BCUT2D eigenvalue weighted by Crippen LogP contribution is 2.16. The van der Waals surface area contributed by atoms with Crippen LogP contribution in [0, 0.1) is 12.8 Å². The van der Waals surface area contributed by atoms with E-state index in [0.29, 0.717) is 18.3 Å². The minimum absolute atomic E-state index is 0.173. The maximum absolute atomic E-state index is 5.86. The molecule has 0 aliphatic heterocycles. The highest BCUT2D eigenvalue weighted by atomic mass is 32.1. The van der Waals surface area contributed by atoms with E-state index >= 15 is 0 Å². The molecule has 0 fully saturated rings. The number of rotatable bonds is 7. The van der Waals surface area contributed by atoms with Gasteiger partial charge in [-0.1, -0.05) is 13.8 Å². The van der Waals surface area contributed by atoms with Gasteiger partial charge in [0.2, 0.25) is 11.0 Å². The van der Waals surface area contributed by atoms with Gasteiger partial charge in [-0.2, -0.15) is 4.37 Å². The van der Waals surface area contributed by atoms with E-state index in [2.05, 4.69) is 40.4 Å². The second kappa shape index (κ2) is 7.36. The maximum Gasteiger partial charge on any atom is 0.213 e. The van der Waals surface area contributed by atoms with E-state index in [9.17, 15) is 0 Å². The molecule has 6 heteroatoms. The molecule has 1 unspecified atom stereocenters. The van der Waals surface area contributed by atoms with Crippen molar-refractivity contribution in [1.29, 1.82) is 0 Å². The van der Waals surface area contributed by atoms with Crippen LogP contribution in [0.2, 0.25) is 0 Å². The lowest BCUT2D eigenvalue weighted by Crippen LogP contribution is -2.15. The number of hydrogen-bond acceptors (Lipinski definition) is 6. The Kier molecular flexibility index (Phi) is 5.50. The molecule has 0 aromatic carbocycles. The Morgan fingerprint density at radius 1 is 1.33 bits per heavy atom. The molecule has 0 aliphatic rings. The fraction of sp³-hybridized carbons (Fsp3) is 0.533. The predicted molar refractivity (Wildman–Crippen MR) is 85.8 cm³/mol. The molecule has 0 saturated carbocycles. The number of aromatic nitrogens is 3. The molecule has 0 spiro atoms. The molecule has 2 rings (SSSR count). The van der Waals surface area contributed by atoms with Gasteiger partial charge in [0.05, 0.1) is 6.10 Å². The number of nitrogens with one attached hydrogen (secondary N) is 1. The molecule has 114 valence electrons. The van der Waals surface area contributed by atoms with Gasteiger partial charge >= 0.3 is 0 Å². The lowest BCUT2D eigenvalue weighted by molar-refractivity contribution is 0.185. The van der Waals surface area contributed by atoms with Crippen molar-refractivity contribution in [3.63, 3.8) is 0 Å². The maximum atomic E-state index is 5.86. The fourth-order valence-electron chi connectivity index (χ4n) is 2.09. The van der Waals surface area contributed by atoms with Gasteiger partial charge in [-0.25, -0.2) is 9.97 Å². The second-order valence-electron chi connectivity index (χ2n) is 5.56. The van der Waals surface area contributed by atoms with Crippen LogP contribution in [-0.2, 0) is 6.54 Å². The molecular weight excluding hydrogens is 284 g/mol. The van der Waals surface area contributed by atoms with Gasteiger partial charge in [0, 0.05) is 30.3 Å². The highest BCUT2D eigenvalue weighted by Gasteiger charge is 2.08. The first-order valence-corrected chi connectivity index (χ1v) is 7.96. The summed E-state index contributed by atoms with van der Waals surface area (Å²) in [6, 6.07) is 3.94. The summed E-state index contributed by atoms with van der Waals surface area (Å²) in [5.74, 6) is 2.09. The molecular formula is C15H22N4OS. The van der Waals surface area contributed by atoms with Gasteiger partial charge in [0.1, 0.15) is 5.82 Å². The third-order valence-corrected chi connectivity index (χ3v) is 3.66. The molecule has 2 aromatic rings. The fourth-order valence-corrected chi connectivity index (χ4v) is 2.66. The van der Waals surface area contributed by atoms with E-state index in [1.807, 2.05) is 19.1 Å². The summed E-state index contributed by atoms with van der Waals surface area (Å²) < 4.78 is 10.0. The summed E-state index contributed by atoms with van der Waals surface area (Å²) in [4.78, 5) is 8.55. The van der Waals surface area contributed by atoms with Crippen LogP contribution in [0.3, 0.4) is 0 Å². The average molecular weight is 306 g/mol. The number of anilines is 1. The summed E-state index contributed by atoms with van der Waals surface area (Å²) in [6.07, 6.45) is 2.97. The zero-order valence-electron chi connectivity index (χ0n) is 13.0. The number of aryl methyl sites for hydroxylation is 1. The van der Waals surface area contributed by atoms with Gasteiger partial charge in [-0.05, 0) is 37.8 Å². The van der Waals surface area contributed by atoms with Gasteiger partial charge in [-0.15, -0.1) is 0 Å². The van der Waals surface area contributed by atoms with E-state index < -0.39 is 0 Å². The topological polar surface area (TPSA) is 59.9 Å². The SMILES string of the molecule is Cc1nsc(NCc2ccnc(OC(C)CC(C)C)c2)n1. The van der Waals surface area contributed by atoms with Crippen LogP contribution in [0.5, 0.6) is 5.88 Å². The molecule has 1 N–H and O–H groups in total. The first-order chi connectivity index (χ1) is 10.0. The largest absolute Gasteiger partial charge is 0.475 e. The Bertz CT molecular complexity index is 570. The summed E-state index contributed by atoms with van der Waals surface area (Å²) in [7, 11) is 0. The van der Waals surface area contributed by atoms with Crippen molar-refractivity contribution in [3.8, 4) is 5.88 Å². The molecule has 1 atom stereocenters. The molecule has 0 bridgehead atoms. The Labute approximate surface area is 130 Å². The first kappa shape index (κ1) is 15.7. The van der Waals surface area contributed by atoms with Crippen LogP contribution in [-0.4, -0.2) is 20.4 Å². The van der Waals surface area contributed by atoms with Gasteiger partial charge in [0.25, 0.3) is 0 Å². The highest BCUT2D eigenvalue weighted by molar-refractivity contribution is 7.09. The molecule has 0 amide bonds. The zero-order valence-corrected chi connectivity index (χ0v) is 13.8. The van der Waals surface area contributed by atoms with Crippen LogP contribution < -0.4 is 10.1 Å². The van der Waals surface area contributed by atoms with Crippen LogP contribution in [0.1, 0.15) is 38.6 Å². The van der Waals surface area contributed by atoms with Gasteiger partial charge in [0.15, 0.2) is 0 Å². The van der Waals surface area contributed by atoms with Gasteiger partial charge in [-0.3, -0.25) is 0 Å². The monoisotopic (exact) mass is 306 g/mol. The number of pyridine rings is 1. The van der Waals surface area contributed by atoms with E-state index in [1.54, 1.807) is 6.20 Å². The van der Waals surface area contributed by atoms with Crippen LogP contribution in [0.4, 0.5) is 5.13 Å². The van der Waals surface area contributed by atoms with Crippen molar-refractivity contribution in [2.75, 3.05) is 5.32 Å². The van der Waals surface area contributed by atoms with Crippen LogP contribution in [0.25, 0.3) is 0 Å². The Balaban J connectivity index is 1.91. The molecule has 21 heavy (non-hydrogen) atoms. The van der Waals surface area contributed by atoms with Crippen molar-refractivity contribution < 1.29 is 4.74 Å². The minimum atomic E-state index is 0.173. The molecule has 5 nitrogen and oxygen atoms in total. The Hall–Kier alpha value is -1.69. The summed E-state index contributed by atoms with van der Waals surface area (Å²) in [6.45, 7) is 9.04. The van der Waals surface area contributed by atoms with Crippen molar-refractivity contribution in [2.45, 2.75) is 46.8 Å². The standard InChI is InChI=1S/C15H22N4OS/c1-10(2)7-11(3)20-14-8-13(5-6-16-14)9-17-15-18-12(4)19-21-15/h5-6,8,10-11H,7,9H2,1-4H3,(H,17,18,19). The molecule has 0 aliphatic carbocycles. The number of hydrogen-bond donors (Lipinski definition) is 1. The Morgan fingerprint density at radius 3 is 2.81 bits per heavy atom. The van der Waals surface area contributed by atoms with E-state index in [-0.39, 0.29) is 6.10 Å². The van der Waals surface area contributed by atoms with Crippen molar-refractivity contribution in [1.82, 2.24) is 14.3 Å². The normalized spacial score (nSPS) is 12.4. The lowest BCUT2D eigenvalue weighted by atomic mass is 10.1. The molecule has 0 saturated heterocycles. The molecule has 0 radical (unpaired) electrons. The van der Waals surface area contributed by atoms with E-state index in [0.717, 1.165) is 22.9 Å². The van der Waals surface area contributed by atoms with Crippen molar-refractivity contribution in [2.24, 2.45) is 5.92 Å². The first-order valence-electron chi connectivity index (χ1n) is 7.18. The summed E-state index contributed by atoms with van der Waals surface area (Å²) in [5, 5.41) is 4.09. The number of ether oxygens (including phenoxy) is 1. The zero-order chi connectivity index (χ0) is 15.2. The predicted octanol–water partition coefficient (Wildman–Crippen LogP) is 3.67. The molecule has 2 aromatic heterocycles. The van der Waals surface area contributed by atoms with Crippen LogP contribution >= 0.6 is 11.5 Å². The smallest absolute Gasteiger partial charge is 0.213 e. The van der Waals surface area contributed by atoms with Gasteiger partial charge < -0.3 is 10.1 Å². The average Bonchev–Trinajstić information content (AvgIpc) is 2.81. The van der Waals surface area contributed by atoms with Crippen molar-refractivity contribution in [3.05, 3.63) is 29.7 Å². The van der Waals surface area contributed by atoms with E-state index in [1.165, 1.54) is 11.5 Å². The van der Waals surface area contributed by atoms with Crippen LogP contribution in [0.15, 0.2) is 18.3 Å². The quantitative estimate of drug-likeness (QED) is 0.845. The number of nitrogens with zero attached hydrogens (tertiary/aromatic N) is 3. The third-order valence-electron chi connectivity index (χ3n) is 2.90. The van der Waals surface area contributed by atoms with E-state index in [4.69, 9.17) is 4.74 Å². The Morgan fingerprint density at radius 2 is 2.14 bits per heavy atom. The third kappa shape index (κ3) is 5.30. The van der Waals surface area contributed by atoms with Crippen molar-refractivity contribution >= 4 is 16.7 Å². The molecule has 2 heterocycles.